The summed E-state index contributed by atoms with van der Waals surface area (Å²) in [4.78, 5) is 0. The smallest absolute Gasteiger partial charge is 0.0373 e. The second-order valence-electron chi connectivity index (χ2n) is 16.1. The summed E-state index contributed by atoms with van der Waals surface area (Å²) in [5.74, 6) is 0. The molecule has 4 N–H and O–H groups in total. The predicted molar refractivity (Wildman–Crippen MR) is 230 cm³/mol. The van der Waals surface area contributed by atoms with E-state index in [4.69, 9.17) is 11.5 Å². The molecule has 4 aromatic rings. The molecule has 0 atom stereocenters. The second-order valence-corrected chi connectivity index (χ2v) is 16.1. The Kier molecular flexibility index (Phi) is 18.4. The van der Waals surface area contributed by atoms with Gasteiger partial charge in [0.2, 0.25) is 0 Å². The highest BCUT2D eigenvalue weighted by molar-refractivity contribution is 5.55. The van der Waals surface area contributed by atoms with Gasteiger partial charge in [-0.15, -0.1) is 0 Å². The van der Waals surface area contributed by atoms with Crippen LogP contribution in [-0.4, -0.2) is 0 Å². The van der Waals surface area contributed by atoms with E-state index in [0.29, 0.717) is 0 Å². The van der Waals surface area contributed by atoms with Gasteiger partial charge in [0.15, 0.2) is 0 Å². The van der Waals surface area contributed by atoms with Crippen molar-refractivity contribution >= 4 is 11.4 Å². The monoisotopic (exact) mass is 701 g/mol. The first-order valence-electron chi connectivity index (χ1n) is 21.2. The molecule has 0 heterocycles. The Hall–Kier alpha value is -3.52. The van der Waals surface area contributed by atoms with Crippen molar-refractivity contribution in [2.75, 3.05) is 11.5 Å². The van der Waals surface area contributed by atoms with E-state index in [2.05, 4.69) is 100 Å². The van der Waals surface area contributed by atoms with Crippen LogP contribution in [0, 0.1) is 27.7 Å². The summed E-state index contributed by atoms with van der Waals surface area (Å²) in [6.07, 6.45) is 29.8. The minimum absolute atomic E-state index is 0.926. The topological polar surface area (TPSA) is 52.0 Å². The molecule has 0 spiro atoms. The van der Waals surface area contributed by atoms with E-state index in [0.717, 1.165) is 24.2 Å². The highest BCUT2D eigenvalue weighted by Crippen LogP contribution is 2.23. The van der Waals surface area contributed by atoms with Gasteiger partial charge in [0, 0.05) is 11.4 Å². The molecule has 0 aliphatic carbocycles. The fourth-order valence-corrected chi connectivity index (χ4v) is 7.94. The first kappa shape index (κ1) is 41.2. The fourth-order valence-electron chi connectivity index (χ4n) is 7.94. The van der Waals surface area contributed by atoms with Crippen molar-refractivity contribution in [2.45, 2.75) is 169 Å². The Balaban J connectivity index is 0.880. The number of unbranched alkanes of at least 4 members (excludes halogenated alkanes) is 17. The Morgan fingerprint density at radius 3 is 0.750 bits per heavy atom. The molecule has 0 unspecified atom stereocenters. The van der Waals surface area contributed by atoms with Crippen LogP contribution in [0.15, 0.2) is 72.8 Å². The first-order chi connectivity index (χ1) is 25.3. The average molecular weight is 701 g/mol. The number of hydrogen-bond acceptors (Lipinski definition) is 2. The number of nitrogens with two attached hydrogens (primary N) is 2. The molecule has 282 valence electrons. The van der Waals surface area contributed by atoms with E-state index >= 15 is 0 Å². The average Bonchev–Trinajstić information content (AvgIpc) is 3.13. The number of rotatable bonds is 25. The number of aryl methyl sites for hydroxylation is 6. The molecule has 52 heavy (non-hydrogen) atoms. The van der Waals surface area contributed by atoms with Gasteiger partial charge in [0.25, 0.3) is 0 Å². The molecule has 0 saturated carbocycles. The minimum atomic E-state index is 0.926. The van der Waals surface area contributed by atoms with Crippen LogP contribution in [-0.2, 0) is 25.7 Å². The number of benzene rings is 4. The molecule has 0 bridgehead atoms. The predicted octanol–water partition coefficient (Wildman–Crippen LogP) is 14.1. The highest BCUT2D eigenvalue weighted by atomic mass is 14.6. The fraction of sp³-hybridized carbons (Fsp3) is 0.520. The zero-order valence-corrected chi connectivity index (χ0v) is 33.6. The molecule has 0 fully saturated rings. The van der Waals surface area contributed by atoms with Crippen molar-refractivity contribution < 1.29 is 0 Å². The lowest BCUT2D eigenvalue weighted by atomic mass is 9.97. The third kappa shape index (κ3) is 15.2. The van der Waals surface area contributed by atoms with E-state index in [-0.39, 0.29) is 0 Å². The van der Waals surface area contributed by atoms with Gasteiger partial charge in [-0.1, -0.05) is 176 Å². The number of nitrogen functional groups attached to an aromatic ring is 2. The van der Waals surface area contributed by atoms with Gasteiger partial charge in [0.1, 0.15) is 0 Å². The standard InChI is InChI=1S/C50H72N2/c1-39-33-47(34-40(2)49(39)51)37-45-29-25-43(26-30-45)23-21-19-17-15-13-11-9-7-5-6-8-10-12-14-16-18-20-22-24-44-27-31-46(32-28-44)38-48-35-41(3)50(52)42(4)36-48/h25-36H,5-24,37-38,51-52H2,1-4H3. The van der Waals surface area contributed by atoms with Gasteiger partial charge in [-0.3, -0.25) is 0 Å². The molecule has 4 rings (SSSR count). The minimum Gasteiger partial charge on any atom is -0.398 e. The van der Waals surface area contributed by atoms with Gasteiger partial charge >= 0.3 is 0 Å². The zero-order chi connectivity index (χ0) is 37.0. The third-order valence-corrected chi connectivity index (χ3v) is 11.4. The van der Waals surface area contributed by atoms with Crippen molar-refractivity contribution in [1.82, 2.24) is 0 Å². The van der Waals surface area contributed by atoms with Gasteiger partial charge in [-0.25, -0.2) is 0 Å². The molecule has 0 amide bonds. The van der Waals surface area contributed by atoms with Gasteiger partial charge < -0.3 is 11.5 Å². The number of hydrogen-bond donors (Lipinski definition) is 2. The molecule has 2 nitrogen and oxygen atoms in total. The summed E-state index contributed by atoms with van der Waals surface area (Å²) in [6.45, 7) is 8.43. The van der Waals surface area contributed by atoms with Crippen molar-refractivity contribution in [3.05, 3.63) is 128 Å². The van der Waals surface area contributed by atoms with Crippen LogP contribution < -0.4 is 11.5 Å². The lowest BCUT2D eigenvalue weighted by Crippen LogP contribution is -1.97. The molecule has 4 aromatic carbocycles. The van der Waals surface area contributed by atoms with Crippen LogP contribution >= 0.6 is 0 Å². The second kappa shape index (κ2) is 23.2. The lowest BCUT2D eigenvalue weighted by Gasteiger charge is -2.10. The maximum absolute atomic E-state index is 6.13. The molecule has 0 aromatic heterocycles. The summed E-state index contributed by atoms with van der Waals surface area (Å²) < 4.78 is 0. The van der Waals surface area contributed by atoms with Gasteiger partial charge in [0.05, 0.1) is 0 Å². The van der Waals surface area contributed by atoms with E-state index in [1.165, 1.54) is 184 Å². The lowest BCUT2D eigenvalue weighted by molar-refractivity contribution is 0.524. The Morgan fingerprint density at radius 1 is 0.288 bits per heavy atom. The van der Waals surface area contributed by atoms with Crippen LogP contribution in [0.1, 0.15) is 171 Å². The van der Waals surface area contributed by atoms with Crippen molar-refractivity contribution in [3.8, 4) is 0 Å². The van der Waals surface area contributed by atoms with E-state index in [1.54, 1.807) is 0 Å². The van der Waals surface area contributed by atoms with E-state index in [1.807, 2.05) is 0 Å². The molecule has 2 heteroatoms. The Bertz CT molecular complexity index is 1410. The highest BCUT2D eigenvalue weighted by Gasteiger charge is 2.05. The van der Waals surface area contributed by atoms with Gasteiger partial charge in [-0.05, 0) is 122 Å². The molecule has 0 saturated heterocycles. The summed E-state index contributed by atoms with van der Waals surface area (Å²) in [6, 6.07) is 27.5. The van der Waals surface area contributed by atoms with Crippen LogP contribution in [0.25, 0.3) is 0 Å². The van der Waals surface area contributed by atoms with E-state index in [9.17, 15) is 0 Å². The van der Waals surface area contributed by atoms with Crippen LogP contribution in [0.3, 0.4) is 0 Å². The molecule has 0 aliphatic heterocycles. The maximum atomic E-state index is 6.13. The Morgan fingerprint density at radius 2 is 0.500 bits per heavy atom. The summed E-state index contributed by atoms with van der Waals surface area (Å²) in [7, 11) is 0. The largest absolute Gasteiger partial charge is 0.398 e. The summed E-state index contributed by atoms with van der Waals surface area (Å²) in [5, 5.41) is 0. The van der Waals surface area contributed by atoms with Gasteiger partial charge in [-0.2, -0.15) is 0 Å². The van der Waals surface area contributed by atoms with E-state index < -0.39 is 0 Å². The molecular formula is C50H72N2. The number of anilines is 2. The molecule has 0 aliphatic rings. The van der Waals surface area contributed by atoms with Crippen molar-refractivity contribution in [2.24, 2.45) is 0 Å². The van der Waals surface area contributed by atoms with Crippen molar-refractivity contribution in [3.63, 3.8) is 0 Å². The SMILES string of the molecule is Cc1cc(Cc2ccc(CCCCCCCCCCCCCCCCCCCCc3ccc(Cc4cc(C)c(N)c(C)c4)cc3)cc2)cc(C)c1N. The normalized spacial score (nSPS) is 11.4. The summed E-state index contributed by atoms with van der Waals surface area (Å²) >= 11 is 0. The van der Waals surface area contributed by atoms with Crippen LogP contribution in [0.5, 0.6) is 0 Å². The Labute approximate surface area is 319 Å². The van der Waals surface area contributed by atoms with Crippen LogP contribution in [0.2, 0.25) is 0 Å². The van der Waals surface area contributed by atoms with Crippen molar-refractivity contribution in [1.29, 1.82) is 0 Å². The third-order valence-electron chi connectivity index (χ3n) is 11.4. The summed E-state index contributed by atoms with van der Waals surface area (Å²) in [5.41, 5.74) is 27.3. The zero-order valence-electron chi connectivity index (χ0n) is 33.6. The maximum Gasteiger partial charge on any atom is 0.0373 e. The molecular weight excluding hydrogens is 629 g/mol. The quantitative estimate of drug-likeness (QED) is 0.0534. The van der Waals surface area contributed by atoms with Crippen LogP contribution in [0.4, 0.5) is 11.4 Å². The first-order valence-corrected chi connectivity index (χ1v) is 21.2. The molecule has 0 radical (unpaired) electrons.